The van der Waals surface area contributed by atoms with Crippen molar-refractivity contribution in [2.45, 2.75) is 102 Å². The average molecular weight is 840 g/mol. The van der Waals surface area contributed by atoms with Crippen molar-refractivity contribution < 1.29 is 43.4 Å². The third kappa shape index (κ3) is 9.69. The van der Waals surface area contributed by atoms with Gasteiger partial charge in [0.15, 0.2) is 0 Å². The molecule has 1 aliphatic heterocycles. The minimum atomic E-state index is -1.37. The number of carbonyl (C=O) groups is 1. The Hall–Kier alpha value is -5.11. The monoisotopic (exact) mass is 839 g/mol. The second-order valence-corrected chi connectivity index (χ2v) is 16.7. The van der Waals surface area contributed by atoms with Crippen molar-refractivity contribution in [1.29, 1.82) is 0 Å². The summed E-state index contributed by atoms with van der Waals surface area (Å²) in [5.74, 6) is -1.24. The molecular weight excluding hydrogens is 782 g/mol. The highest BCUT2D eigenvalue weighted by molar-refractivity contribution is 6.03. The number of nitro groups is 1. The topological polar surface area (TPSA) is 153 Å². The predicted octanol–water partition coefficient (Wildman–Crippen LogP) is 8.80. The molecular formula is C48H58FN3O9. The molecule has 61 heavy (non-hydrogen) atoms. The summed E-state index contributed by atoms with van der Waals surface area (Å²) in [7, 11) is 0. The molecule has 0 unspecified atom stereocenters. The van der Waals surface area contributed by atoms with Crippen LogP contribution in [0.5, 0.6) is 11.5 Å². The van der Waals surface area contributed by atoms with Crippen LogP contribution in [0, 0.1) is 39.6 Å². The standard InChI is InChI=1S/C48H58FN3O9/c1-3-23-51(47(55)33-17-18-33)44-29-42(50-60-30-32-15-19-36(20-16-32)52(56)57)39-27-34(11-7-9-24-53)38(13-8-10-25-54)45-40-28-37(58-31-35-12-5-6-14-41(35)49)21-22-43(40)61-48(44,46(39)45)59-26-4-2/h4-6,12,14-16,19-22,27-28,33-34,38,44-46,53-54H,2-3,7-11,13,17-18,23-26,29-31H2,1H3/t34-,38+,44-,45+,46+,48+/m0/s1. The van der Waals surface area contributed by atoms with Crippen LogP contribution in [-0.4, -0.2) is 69.8 Å². The van der Waals surface area contributed by atoms with E-state index in [9.17, 15) is 29.5 Å². The lowest BCUT2D eigenvalue weighted by Crippen LogP contribution is -2.70. The number of carbonyl (C=O) groups excluding carboxylic acids is 1. The fraction of sp³-hybridized carbons (Fsp3) is 0.500. The first-order valence-electron chi connectivity index (χ1n) is 21.8. The van der Waals surface area contributed by atoms with E-state index in [0.29, 0.717) is 54.1 Å². The highest BCUT2D eigenvalue weighted by atomic mass is 19.1. The SMILES string of the molecule is C=CCO[C@@]12Oc3ccc(OCc4ccccc4F)cc3[C@H]3[C@H](CCCCO)[C@@H](CCCCO)C=C(C(=NOCc4ccc([N+](=O)[O-])cc4)C[C@@H]1N(CCC)C(=O)C1CC1)[C@H]32. The van der Waals surface area contributed by atoms with Gasteiger partial charge >= 0.3 is 0 Å². The number of amides is 1. The van der Waals surface area contributed by atoms with Gasteiger partial charge < -0.3 is 34.2 Å². The zero-order valence-corrected chi connectivity index (χ0v) is 35.0. The number of aliphatic hydroxyl groups excluding tert-OH is 2. The van der Waals surface area contributed by atoms with E-state index in [1.807, 2.05) is 23.1 Å². The maximum atomic E-state index is 14.7. The second kappa shape index (κ2) is 20.2. The lowest BCUT2D eigenvalue weighted by atomic mass is 9.55. The number of benzene rings is 3. The maximum Gasteiger partial charge on any atom is 0.269 e. The van der Waals surface area contributed by atoms with Crippen LogP contribution in [0.2, 0.25) is 0 Å². The third-order valence-corrected chi connectivity index (χ3v) is 12.6. The minimum Gasteiger partial charge on any atom is -0.489 e. The third-order valence-electron chi connectivity index (χ3n) is 12.6. The quantitative estimate of drug-likeness (QED) is 0.0438. The fourth-order valence-corrected chi connectivity index (χ4v) is 9.64. The van der Waals surface area contributed by atoms with Gasteiger partial charge in [0.2, 0.25) is 11.7 Å². The largest absolute Gasteiger partial charge is 0.489 e. The Balaban J connectivity index is 1.39. The minimum absolute atomic E-state index is 0.0186. The first-order chi connectivity index (χ1) is 29.7. The van der Waals surface area contributed by atoms with E-state index < -0.39 is 22.7 Å². The first kappa shape index (κ1) is 44.0. The number of aliphatic hydroxyl groups is 2. The molecule has 0 aromatic heterocycles. The second-order valence-electron chi connectivity index (χ2n) is 16.7. The summed E-state index contributed by atoms with van der Waals surface area (Å²) in [6.07, 6.45) is 11.0. The van der Waals surface area contributed by atoms with Crippen molar-refractivity contribution >= 4 is 17.3 Å². The number of non-ortho nitro benzene ring substituents is 1. The molecule has 0 radical (unpaired) electrons. The van der Waals surface area contributed by atoms with E-state index in [0.717, 1.165) is 49.7 Å². The van der Waals surface area contributed by atoms with Crippen LogP contribution >= 0.6 is 0 Å². The maximum absolute atomic E-state index is 14.7. The molecule has 13 heteroatoms. The molecule has 2 fully saturated rings. The summed E-state index contributed by atoms with van der Waals surface area (Å²) in [6.45, 7) is 6.94. The van der Waals surface area contributed by atoms with Crippen LogP contribution in [0.1, 0.15) is 93.7 Å². The van der Waals surface area contributed by atoms with Crippen molar-refractivity contribution in [3.05, 3.63) is 124 Å². The summed E-state index contributed by atoms with van der Waals surface area (Å²) >= 11 is 0. The van der Waals surface area contributed by atoms with E-state index in [4.69, 9.17) is 24.2 Å². The number of nitrogens with zero attached hydrogens (tertiary/aromatic N) is 3. The van der Waals surface area contributed by atoms with Crippen LogP contribution in [-0.2, 0) is 27.6 Å². The van der Waals surface area contributed by atoms with Crippen LogP contribution < -0.4 is 9.47 Å². The highest BCUT2D eigenvalue weighted by Crippen LogP contribution is 2.62. The van der Waals surface area contributed by atoms with Gasteiger partial charge in [-0.15, -0.1) is 6.58 Å². The Bertz CT molecular complexity index is 2070. The number of rotatable bonds is 22. The van der Waals surface area contributed by atoms with Crippen LogP contribution in [0.25, 0.3) is 0 Å². The smallest absolute Gasteiger partial charge is 0.269 e. The average Bonchev–Trinajstić information content (AvgIpc) is 4.12. The zero-order valence-electron chi connectivity index (χ0n) is 35.0. The van der Waals surface area contributed by atoms with Crippen LogP contribution in [0.15, 0.2) is 96.2 Å². The van der Waals surface area contributed by atoms with Gasteiger partial charge in [0.1, 0.15) is 36.6 Å². The number of hydrogen-bond donors (Lipinski definition) is 2. The van der Waals surface area contributed by atoms with E-state index in [1.54, 1.807) is 36.4 Å². The van der Waals surface area contributed by atoms with Gasteiger partial charge in [-0.1, -0.05) is 55.3 Å². The van der Waals surface area contributed by atoms with Gasteiger partial charge in [-0.2, -0.15) is 0 Å². The number of fused-ring (bicyclic) bond motifs is 2. The molecule has 0 saturated heterocycles. The van der Waals surface area contributed by atoms with Crippen molar-refractivity contribution in [2.75, 3.05) is 26.4 Å². The Morgan fingerprint density at radius 1 is 1.05 bits per heavy atom. The highest BCUT2D eigenvalue weighted by Gasteiger charge is 2.65. The van der Waals surface area contributed by atoms with Gasteiger partial charge in [-0.25, -0.2) is 4.39 Å². The number of oxime groups is 1. The first-order valence-corrected chi connectivity index (χ1v) is 21.8. The number of hydrogen-bond acceptors (Lipinski definition) is 10. The number of ether oxygens (including phenoxy) is 3. The molecule has 3 aliphatic carbocycles. The van der Waals surface area contributed by atoms with Gasteiger partial charge in [0, 0.05) is 61.3 Å². The van der Waals surface area contributed by atoms with E-state index >= 15 is 0 Å². The van der Waals surface area contributed by atoms with Crippen LogP contribution in [0.3, 0.4) is 0 Å². The lowest BCUT2D eigenvalue weighted by molar-refractivity contribution is -0.384. The molecule has 2 N–H and O–H groups in total. The molecule has 12 nitrogen and oxygen atoms in total. The fourth-order valence-electron chi connectivity index (χ4n) is 9.64. The molecule has 1 amide bonds. The van der Waals surface area contributed by atoms with Crippen molar-refractivity contribution in [2.24, 2.45) is 28.8 Å². The number of halogens is 1. The number of unbranched alkanes of at least 4 members (excludes halogenated alkanes) is 2. The van der Waals surface area contributed by atoms with Gasteiger partial charge in [-0.05, 0) is 104 Å². The summed E-state index contributed by atoms with van der Waals surface area (Å²) in [5.41, 5.74) is 3.60. The molecule has 6 atom stereocenters. The molecule has 0 spiro atoms. The Labute approximate surface area is 357 Å². The van der Waals surface area contributed by atoms with Gasteiger partial charge in [0.05, 0.1) is 23.2 Å². The summed E-state index contributed by atoms with van der Waals surface area (Å²) < 4.78 is 35.4. The molecule has 326 valence electrons. The van der Waals surface area contributed by atoms with E-state index in [2.05, 4.69) is 19.6 Å². The van der Waals surface area contributed by atoms with E-state index in [1.165, 1.54) is 18.2 Å². The Kier molecular flexibility index (Phi) is 14.5. The normalized spacial score (nSPS) is 24.5. The molecule has 2 saturated carbocycles. The Morgan fingerprint density at radius 2 is 1.80 bits per heavy atom. The molecule has 7 rings (SSSR count). The number of allylic oxidation sites excluding steroid dienone is 1. The van der Waals surface area contributed by atoms with Crippen LogP contribution in [0.4, 0.5) is 10.1 Å². The number of nitro benzene ring substituents is 1. The zero-order chi connectivity index (χ0) is 42.9. The van der Waals surface area contributed by atoms with Crippen molar-refractivity contribution in [3.63, 3.8) is 0 Å². The van der Waals surface area contributed by atoms with Crippen molar-refractivity contribution in [1.82, 2.24) is 4.90 Å². The lowest BCUT2D eigenvalue weighted by Gasteiger charge is -2.60. The predicted molar refractivity (Wildman–Crippen MR) is 228 cm³/mol. The molecule has 4 aliphatic rings. The molecule has 3 aromatic carbocycles. The summed E-state index contributed by atoms with van der Waals surface area (Å²) in [6, 6.07) is 17.8. The molecule has 1 heterocycles. The molecule has 0 bridgehead atoms. The van der Waals surface area contributed by atoms with Gasteiger partial charge in [-0.3, -0.25) is 14.9 Å². The van der Waals surface area contributed by atoms with Crippen molar-refractivity contribution in [3.8, 4) is 11.5 Å². The van der Waals surface area contributed by atoms with Gasteiger partial charge in [0.25, 0.3) is 5.69 Å². The molecule has 3 aromatic rings. The summed E-state index contributed by atoms with van der Waals surface area (Å²) in [4.78, 5) is 33.4. The summed E-state index contributed by atoms with van der Waals surface area (Å²) in [5, 5.41) is 36.0. The van der Waals surface area contributed by atoms with E-state index in [-0.39, 0.29) is 80.5 Å². The Morgan fingerprint density at radius 3 is 2.49 bits per heavy atom.